The van der Waals surface area contributed by atoms with Crippen LogP contribution in [0, 0.1) is 0 Å². The first-order valence-electron chi connectivity index (χ1n) is 6.21. The van der Waals surface area contributed by atoms with Crippen molar-refractivity contribution in [2.45, 2.75) is 12.3 Å². The van der Waals surface area contributed by atoms with Gasteiger partial charge in [0.15, 0.2) is 0 Å². The Morgan fingerprint density at radius 2 is 2.16 bits per heavy atom. The summed E-state index contributed by atoms with van der Waals surface area (Å²) in [6.45, 7) is 0.901. The third kappa shape index (κ3) is 3.87. The minimum absolute atomic E-state index is 0.0241. The van der Waals surface area contributed by atoms with Crippen LogP contribution in [-0.2, 0) is 11.2 Å². The molecule has 3 N–H and O–H groups in total. The van der Waals surface area contributed by atoms with E-state index in [4.69, 9.17) is 5.73 Å². The number of thiazole rings is 1. The Hall–Kier alpha value is -1.72. The number of nitrogens with zero attached hydrogens (tertiary/aromatic N) is 1. The highest BCUT2D eigenvalue weighted by molar-refractivity contribution is 7.07. The standard InChI is InChI=1S/C14H17N3OS/c15-8-13(11-4-2-1-3-5-11)14(18)16-7-6-12-9-19-10-17-12/h1-5,9-10,13H,6-8,15H2,(H,16,18). The number of hydrogen-bond donors (Lipinski definition) is 2. The second-order valence-corrected chi connectivity index (χ2v) is 4.94. The first kappa shape index (κ1) is 13.7. The summed E-state index contributed by atoms with van der Waals surface area (Å²) in [7, 11) is 0. The van der Waals surface area contributed by atoms with Crippen LogP contribution in [0.1, 0.15) is 17.2 Å². The average Bonchev–Trinajstić information content (AvgIpc) is 2.94. The number of aromatic nitrogens is 1. The molecule has 1 unspecified atom stereocenters. The van der Waals surface area contributed by atoms with Gasteiger partial charge >= 0.3 is 0 Å². The third-order valence-corrected chi connectivity index (χ3v) is 3.55. The van der Waals surface area contributed by atoms with Gasteiger partial charge in [0.1, 0.15) is 0 Å². The van der Waals surface area contributed by atoms with Crippen LogP contribution in [0.25, 0.3) is 0 Å². The van der Waals surface area contributed by atoms with E-state index in [1.807, 2.05) is 35.7 Å². The molecule has 1 aromatic carbocycles. The minimum atomic E-state index is -0.281. The lowest BCUT2D eigenvalue weighted by Gasteiger charge is -2.14. The molecule has 0 spiro atoms. The molecule has 0 aliphatic carbocycles. The van der Waals surface area contributed by atoms with Crippen LogP contribution in [-0.4, -0.2) is 24.0 Å². The molecule has 1 aromatic heterocycles. The first-order valence-corrected chi connectivity index (χ1v) is 7.15. The molecule has 2 aromatic rings. The number of carbonyl (C=O) groups is 1. The Morgan fingerprint density at radius 1 is 1.37 bits per heavy atom. The van der Waals surface area contributed by atoms with Crippen molar-refractivity contribution in [2.24, 2.45) is 5.73 Å². The molecular formula is C14H17N3OS. The van der Waals surface area contributed by atoms with Gasteiger partial charge in [0.05, 0.1) is 17.1 Å². The smallest absolute Gasteiger partial charge is 0.228 e. The molecule has 0 fully saturated rings. The first-order chi connectivity index (χ1) is 9.31. The monoisotopic (exact) mass is 275 g/mol. The SMILES string of the molecule is NCC(C(=O)NCCc1cscn1)c1ccccc1. The molecular weight excluding hydrogens is 258 g/mol. The fourth-order valence-corrected chi connectivity index (χ4v) is 2.47. The molecule has 0 aliphatic heterocycles. The second-order valence-electron chi connectivity index (χ2n) is 4.22. The summed E-state index contributed by atoms with van der Waals surface area (Å²) in [5.41, 5.74) is 9.46. The second kappa shape index (κ2) is 7.01. The van der Waals surface area contributed by atoms with E-state index in [9.17, 15) is 4.79 Å². The third-order valence-electron chi connectivity index (χ3n) is 2.92. The molecule has 1 amide bonds. The normalized spacial score (nSPS) is 12.1. The largest absolute Gasteiger partial charge is 0.355 e. The van der Waals surface area contributed by atoms with Crippen LogP contribution in [0.5, 0.6) is 0 Å². The van der Waals surface area contributed by atoms with Crippen LogP contribution in [0.3, 0.4) is 0 Å². The van der Waals surface area contributed by atoms with E-state index in [-0.39, 0.29) is 11.8 Å². The van der Waals surface area contributed by atoms with Gasteiger partial charge in [0.2, 0.25) is 5.91 Å². The van der Waals surface area contributed by atoms with Crippen molar-refractivity contribution in [3.05, 3.63) is 52.5 Å². The van der Waals surface area contributed by atoms with Crippen LogP contribution < -0.4 is 11.1 Å². The molecule has 0 radical (unpaired) electrons. The van der Waals surface area contributed by atoms with Crippen molar-refractivity contribution in [1.82, 2.24) is 10.3 Å². The van der Waals surface area contributed by atoms with Crippen molar-refractivity contribution in [1.29, 1.82) is 0 Å². The topological polar surface area (TPSA) is 68.0 Å². The van der Waals surface area contributed by atoms with Crippen LogP contribution in [0.2, 0.25) is 0 Å². The van der Waals surface area contributed by atoms with Gasteiger partial charge in [-0.2, -0.15) is 0 Å². The Balaban J connectivity index is 1.87. The van der Waals surface area contributed by atoms with Crippen molar-refractivity contribution in [3.63, 3.8) is 0 Å². The van der Waals surface area contributed by atoms with E-state index in [1.165, 1.54) is 0 Å². The number of nitrogens with two attached hydrogens (primary N) is 1. The molecule has 19 heavy (non-hydrogen) atoms. The summed E-state index contributed by atoms with van der Waals surface area (Å²) in [6, 6.07) is 9.62. The van der Waals surface area contributed by atoms with Crippen LogP contribution in [0.4, 0.5) is 0 Å². The van der Waals surface area contributed by atoms with E-state index < -0.39 is 0 Å². The van der Waals surface area contributed by atoms with Crippen molar-refractivity contribution < 1.29 is 4.79 Å². The lowest BCUT2D eigenvalue weighted by molar-refractivity contribution is -0.122. The zero-order valence-corrected chi connectivity index (χ0v) is 11.4. The lowest BCUT2D eigenvalue weighted by atomic mass is 9.98. The summed E-state index contributed by atoms with van der Waals surface area (Å²) >= 11 is 1.56. The fourth-order valence-electron chi connectivity index (χ4n) is 1.88. The Labute approximate surface area is 116 Å². The summed E-state index contributed by atoms with van der Waals surface area (Å²) in [5, 5.41) is 4.91. The molecule has 1 atom stereocenters. The predicted octanol–water partition coefficient (Wildman–Crippen LogP) is 1.54. The maximum Gasteiger partial charge on any atom is 0.228 e. The Bertz CT molecular complexity index is 499. The maximum absolute atomic E-state index is 12.1. The molecule has 0 saturated carbocycles. The number of nitrogens with one attached hydrogen (secondary N) is 1. The average molecular weight is 275 g/mol. The summed E-state index contributed by atoms with van der Waals surface area (Å²) < 4.78 is 0. The minimum Gasteiger partial charge on any atom is -0.355 e. The zero-order chi connectivity index (χ0) is 13.5. The number of hydrogen-bond acceptors (Lipinski definition) is 4. The number of rotatable bonds is 6. The van der Waals surface area contributed by atoms with E-state index >= 15 is 0 Å². The number of benzene rings is 1. The van der Waals surface area contributed by atoms with E-state index in [1.54, 1.807) is 16.8 Å². The van der Waals surface area contributed by atoms with Crippen molar-refractivity contribution in [2.75, 3.05) is 13.1 Å². The lowest BCUT2D eigenvalue weighted by Crippen LogP contribution is -2.34. The molecule has 5 heteroatoms. The summed E-state index contributed by atoms with van der Waals surface area (Å²) in [4.78, 5) is 16.3. The fraction of sp³-hybridized carbons (Fsp3) is 0.286. The quantitative estimate of drug-likeness (QED) is 0.840. The summed E-state index contributed by atoms with van der Waals surface area (Å²) in [6.07, 6.45) is 0.751. The highest BCUT2D eigenvalue weighted by Crippen LogP contribution is 2.14. The van der Waals surface area contributed by atoms with Gasteiger partial charge in [-0.3, -0.25) is 4.79 Å². The van der Waals surface area contributed by atoms with Crippen LogP contribution in [0.15, 0.2) is 41.2 Å². The maximum atomic E-state index is 12.1. The molecule has 0 bridgehead atoms. The molecule has 4 nitrogen and oxygen atoms in total. The van der Waals surface area contributed by atoms with E-state index in [0.717, 1.165) is 17.7 Å². The molecule has 1 heterocycles. The van der Waals surface area contributed by atoms with Crippen LogP contribution >= 0.6 is 11.3 Å². The van der Waals surface area contributed by atoms with Crippen molar-refractivity contribution >= 4 is 17.2 Å². The molecule has 2 rings (SSSR count). The van der Waals surface area contributed by atoms with Gasteiger partial charge in [-0.25, -0.2) is 4.98 Å². The number of carbonyl (C=O) groups excluding carboxylic acids is 1. The summed E-state index contributed by atoms with van der Waals surface area (Å²) in [5.74, 6) is -0.305. The highest BCUT2D eigenvalue weighted by atomic mass is 32.1. The Kier molecular flexibility index (Phi) is 5.06. The van der Waals surface area contributed by atoms with Gasteiger partial charge in [0.25, 0.3) is 0 Å². The van der Waals surface area contributed by atoms with E-state index in [2.05, 4.69) is 10.3 Å². The zero-order valence-electron chi connectivity index (χ0n) is 10.6. The van der Waals surface area contributed by atoms with Gasteiger partial charge in [-0.1, -0.05) is 30.3 Å². The molecule has 0 aliphatic rings. The predicted molar refractivity (Wildman–Crippen MR) is 77.1 cm³/mol. The Morgan fingerprint density at radius 3 is 2.79 bits per heavy atom. The van der Waals surface area contributed by atoms with Crippen molar-refractivity contribution in [3.8, 4) is 0 Å². The highest BCUT2D eigenvalue weighted by Gasteiger charge is 2.18. The van der Waals surface area contributed by atoms with Gasteiger partial charge in [0, 0.05) is 24.9 Å². The van der Waals surface area contributed by atoms with Gasteiger partial charge in [-0.15, -0.1) is 11.3 Å². The van der Waals surface area contributed by atoms with Gasteiger partial charge in [-0.05, 0) is 5.56 Å². The number of amides is 1. The molecule has 0 saturated heterocycles. The molecule has 100 valence electrons. The van der Waals surface area contributed by atoms with Gasteiger partial charge < -0.3 is 11.1 Å². The van der Waals surface area contributed by atoms with E-state index in [0.29, 0.717) is 13.1 Å².